The number of β-amino-alcohol motifs (C(OH)–C–C–N with tert-alkyl or cyclic N) is 1. The lowest BCUT2D eigenvalue weighted by atomic mass is 9.79. The minimum atomic E-state index is -0.833. The molecular weight excluding hydrogens is 350 g/mol. The molecule has 0 radical (unpaired) electrons. The summed E-state index contributed by atoms with van der Waals surface area (Å²) in [6.45, 7) is 2.80. The fraction of sp³-hybridized carbons (Fsp3) is 0.444. The molecule has 1 fully saturated rings. The van der Waals surface area contributed by atoms with Crippen LogP contribution in [0.5, 0.6) is 0 Å². The number of piperidine rings is 1. The first-order valence-corrected chi connectivity index (χ1v) is 8.71. The Morgan fingerprint density at radius 1 is 1.30 bits per heavy atom. The van der Waals surface area contributed by atoms with E-state index in [4.69, 9.17) is 9.90 Å². The van der Waals surface area contributed by atoms with Crippen LogP contribution in [0.2, 0.25) is 0 Å². The van der Waals surface area contributed by atoms with Crippen LogP contribution in [0.4, 0.5) is 0 Å². The predicted octanol–water partition coefficient (Wildman–Crippen LogP) is 0.125. The van der Waals surface area contributed by atoms with Crippen LogP contribution < -0.4 is 10.6 Å². The summed E-state index contributed by atoms with van der Waals surface area (Å²) < 4.78 is 1.76. The molecule has 0 aliphatic carbocycles. The predicted molar refractivity (Wildman–Crippen MR) is 97.7 cm³/mol. The molecule has 9 heteroatoms. The standard InChI is InChI=1S/C16H21N5O2.C2H4O2/c22-14-10-17-8-7-16(14,13-4-2-1-3-5-13)20-15(23)6-9-21-11-18-19-12-21;1-2(3)4/h1-5,11-12,14,17,22H,6-10H2,(H,20,23);1H3,(H,3,4)/t14-,16-;/m1./s1. The fourth-order valence-corrected chi connectivity index (χ4v) is 3.03. The van der Waals surface area contributed by atoms with Crippen molar-refractivity contribution < 1.29 is 19.8 Å². The summed E-state index contributed by atoms with van der Waals surface area (Å²) in [4.78, 5) is 21.4. The Morgan fingerprint density at radius 2 is 1.93 bits per heavy atom. The van der Waals surface area contributed by atoms with Gasteiger partial charge in [-0.05, 0) is 18.5 Å². The molecule has 0 unspecified atom stereocenters. The highest BCUT2D eigenvalue weighted by Crippen LogP contribution is 2.31. The maximum atomic E-state index is 12.4. The van der Waals surface area contributed by atoms with Gasteiger partial charge in [0.25, 0.3) is 5.97 Å². The van der Waals surface area contributed by atoms with Gasteiger partial charge >= 0.3 is 0 Å². The third-order valence-electron chi connectivity index (χ3n) is 4.32. The highest BCUT2D eigenvalue weighted by Gasteiger charge is 2.42. The topological polar surface area (TPSA) is 129 Å². The van der Waals surface area contributed by atoms with Crippen molar-refractivity contribution in [1.29, 1.82) is 0 Å². The quantitative estimate of drug-likeness (QED) is 0.584. The van der Waals surface area contributed by atoms with E-state index in [0.29, 0.717) is 25.9 Å². The first kappa shape index (κ1) is 20.5. The van der Waals surface area contributed by atoms with Crippen molar-refractivity contribution in [3.8, 4) is 0 Å². The molecule has 0 spiro atoms. The van der Waals surface area contributed by atoms with E-state index in [-0.39, 0.29) is 5.91 Å². The molecule has 1 aromatic heterocycles. The van der Waals surface area contributed by atoms with E-state index in [1.165, 1.54) is 0 Å². The van der Waals surface area contributed by atoms with Crippen molar-refractivity contribution in [3.63, 3.8) is 0 Å². The number of nitrogens with one attached hydrogen (secondary N) is 2. The number of carbonyl (C=O) groups is 2. The van der Waals surface area contributed by atoms with E-state index >= 15 is 0 Å². The number of hydrogen-bond acceptors (Lipinski definition) is 6. The second-order valence-corrected chi connectivity index (χ2v) is 6.32. The molecule has 2 aromatic rings. The van der Waals surface area contributed by atoms with Crippen molar-refractivity contribution >= 4 is 11.9 Å². The minimum absolute atomic E-state index is 0.0940. The molecule has 4 N–H and O–H groups in total. The zero-order valence-corrected chi connectivity index (χ0v) is 15.2. The Bertz CT molecular complexity index is 719. The van der Waals surface area contributed by atoms with Gasteiger partial charge in [0.2, 0.25) is 5.91 Å². The van der Waals surface area contributed by atoms with E-state index in [1.807, 2.05) is 30.3 Å². The molecule has 1 saturated heterocycles. The van der Waals surface area contributed by atoms with Gasteiger partial charge in [-0.3, -0.25) is 9.59 Å². The van der Waals surface area contributed by atoms with Gasteiger partial charge in [0.1, 0.15) is 12.7 Å². The monoisotopic (exact) mass is 375 g/mol. The van der Waals surface area contributed by atoms with Crippen LogP contribution in [-0.2, 0) is 21.7 Å². The summed E-state index contributed by atoms with van der Waals surface area (Å²) in [7, 11) is 0. The number of hydrogen-bond donors (Lipinski definition) is 4. The molecule has 2 atom stereocenters. The molecule has 0 bridgehead atoms. The van der Waals surface area contributed by atoms with Crippen molar-refractivity contribution in [1.82, 2.24) is 25.4 Å². The zero-order chi connectivity index (χ0) is 19.7. The third kappa shape index (κ3) is 5.87. The first-order valence-electron chi connectivity index (χ1n) is 8.71. The molecule has 1 aliphatic heterocycles. The Morgan fingerprint density at radius 3 is 2.52 bits per heavy atom. The van der Waals surface area contributed by atoms with Gasteiger partial charge in [0.15, 0.2) is 0 Å². The van der Waals surface area contributed by atoms with Crippen LogP contribution in [0, 0.1) is 0 Å². The molecule has 9 nitrogen and oxygen atoms in total. The van der Waals surface area contributed by atoms with E-state index < -0.39 is 17.6 Å². The van der Waals surface area contributed by atoms with Crippen LogP contribution in [0.25, 0.3) is 0 Å². The van der Waals surface area contributed by atoms with Crippen molar-refractivity contribution in [2.24, 2.45) is 0 Å². The molecule has 1 amide bonds. The number of nitrogens with zero attached hydrogens (tertiary/aromatic N) is 3. The van der Waals surface area contributed by atoms with Crippen molar-refractivity contribution in [3.05, 3.63) is 48.5 Å². The Labute approximate surface area is 157 Å². The lowest BCUT2D eigenvalue weighted by Crippen LogP contribution is -2.61. The molecule has 1 aromatic carbocycles. The number of aromatic nitrogens is 3. The average Bonchev–Trinajstić information content (AvgIpc) is 3.16. The first-order chi connectivity index (χ1) is 12.9. The molecular formula is C18H25N5O4. The number of aliphatic carboxylic acids is 1. The van der Waals surface area contributed by atoms with Gasteiger partial charge < -0.3 is 25.4 Å². The SMILES string of the molecule is CC(=O)O.O=C(CCn1cnnc1)N[C@@]1(c2ccccc2)CCNC[C@H]1O. The van der Waals surface area contributed by atoms with E-state index in [2.05, 4.69) is 20.8 Å². The Hall–Kier alpha value is -2.78. The van der Waals surface area contributed by atoms with Gasteiger partial charge in [-0.25, -0.2) is 0 Å². The highest BCUT2D eigenvalue weighted by molar-refractivity contribution is 5.77. The van der Waals surface area contributed by atoms with Gasteiger partial charge in [-0.1, -0.05) is 30.3 Å². The molecule has 2 heterocycles. The lowest BCUT2D eigenvalue weighted by Gasteiger charge is -2.43. The van der Waals surface area contributed by atoms with Crippen molar-refractivity contribution in [2.75, 3.05) is 13.1 Å². The second-order valence-electron chi connectivity index (χ2n) is 6.32. The Balaban J connectivity index is 0.000000596. The number of benzene rings is 1. The molecule has 146 valence electrons. The zero-order valence-electron chi connectivity index (χ0n) is 15.2. The summed E-state index contributed by atoms with van der Waals surface area (Å²) in [5, 5.41) is 31.7. The number of amides is 1. The summed E-state index contributed by atoms with van der Waals surface area (Å²) >= 11 is 0. The van der Waals surface area contributed by atoms with Crippen LogP contribution in [0.15, 0.2) is 43.0 Å². The fourth-order valence-electron chi connectivity index (χ4n) is 3.03. The van der Waals surface area contributed by atoms with Gasteiger partial charge in [-0.2, -0.15) is 0 Å². The molecule has 0 saturated carbocycles. The summed E-state index contributed by atoms with van der Waals surface area (Å²) in [5.74, 6) is -0.927. The molecule has 27 heavy (non-hydrogen) atoms. The second kappa shape index (κ2) is 9.79. The van der Waals surface area contributed by atoms with Crippen molar-refractivity contribution in [2.45, 2.75) is 38.0 Å². The van der Waals surface area contributed by atoms with Gasteiger partial charge in [0.05, 0.1) is 11.6 Å². The van der Waals surface area contributed by atoms with E-state index in [9.17, 15) is 9.90 Å². The summed E-state index contributed by atoms with van der Waals surface area (Å²) in [5.41, 5.74) is 0.197. The number of carboxylic acids is 1. The van der Waals surface area contributed by atoms with Crippen LogP contribution in [0.1, 0.15) is 25.3 Å². The average molecular weight is 375 g/mol. The summed E-state index contributed by atoms with van der Waals surface area (Å²) in [6, 6.07) is 9.69. The van der Waals surface area contributed by atoms with Gasteiger partial charge in [0, 0.05) is 26.4 Å². The van der Waals surface area contributed by atoms with Crippen LogP contribution >= 0.6 is 0 Å². The number of aliphatic hydroxyl groups excluding tert-OH is 1. The number of carbonyl (C=O) groups excluding carboxylic acids is 1. The Kier molecular flexibility index (Phi) is 7.44. The number of rotatable bonds is 5. The van der Waals surface area contributed by atoms with Crippen LogP contribution in [-0.4, -0.2) is 56.0 Å². The highest BCUT2D eigenvalue weighted by atomic mass is 16.4. The molecule has 3 rings (SSSR count). The maximum absolute atomic E-state index is 12.4. The number of carboxylic acid groups (broad SMARTS) is 1. The smallest absolute Gasteiger partial charge is 0.300 e. The van der Waals surface area contributed by atoms with Gasteiger partial charge in [-0.15, -0.1) is 10.2 Å². The van der Waals surface area contributed by atoms with E-state index in [0.717, 1.165) is 19.0 Å². The van der Waals surface area contributed by atoms with E-state index in [1.54, 1.807) is 17.2 Å². The number of aliphatic hydroxyl groups is 1. The third-order valence-corrected chi connectivity index (χ3v) is 4.32. The van der Waals surface area contributed by atoms with Crippen LogP contribution in [0.3, 0.4) is 0 Å². The lowest BCUT2D eigenvalue weighted by molar-refractivity contribution is -0.134. The normalized spacial score (nSPS) is 21.6. The molecule has 1 aliphatic rings. The largest absolute Gasteiger partial charge is 0.481 e. The number of aryl methyl sites for hydroxylation is 1. The summed E-state index contributed by atoms with van der Waals surface area (Å²) in [6.07, 6.45) is 3.46. The minimum Gasteiger partial charge on any atom is -0.481 e. The maximum Gasteiger partial charge on any atom is 0.300 e.